The molecular formula is C8H13N3O3S2. The first-order valence-corrected chi connectivity index (χ1v) is 7.18. The molecule has 0 unspecified atom stereocenters. The quantitative estimate of drug-likeness (QED) is 0.742. The Hall–Kier alpha value is -0.700. The third-order valence-corrected chi connectivity index (χ3v) is 5.91. The zero-order chi connectivity index (χ0) is 11.8. The molecule has 1 aromatic rings. The lowest BCUT2D eigenvalue weighted by atomic mass is 10.4. The van der Waals surface area contributed by atoms with Gasteiger partial charge in [-0.15, -0.1) is 0 Å². The van der Waals surface area contributed by atoms with Crippen LogP contribution in [0.4, 0.5) is 0 Å². The number of aromatic nitrogens is 1. The van der Waals surface area contributed by atoms with Gasteiger partial charge in [0.15, 0.2) is 4.21 Å². The monoisotopic (exact) mass is 263 g/mol. The number of rotatable bonds is 2. The minimum absolute atomic E-state index is 0.138. The van der Waals surface area contributed by atoms with Crippen LogP contribution in [0, 0.1) is 6.92 Å². The van der Waals surface area contributed by atoms with Crippen molar-refractivity contribution >= 4 is 21.4 Å². The summed E-state index contributed by atoms with van der Waals surface area (Å²) in [6.07, 6.45) is 0. The number of hydrogen-bond acceptors (Lipinski definition) is 5. The molecule has 0 saturated carbocycles. The van der Waals surface area contributed by atoms with Gasteiger partial charge in [-0.1, -0.05) is 11.3 Å². The highest BCUT2D eigenvalue weighted by Gasteiger charge is 2.29. The van der Waals surface area contributed by atoms with Crippen molar-refractivity contribution in [2.45, 2.75) is 11.1 Å². The zero-order valence-corrected chi connectivity index (χ0v) is 10.4. The fourth-order valence-corrected chi connectivity index (χ4v) is 4.52. The molecule has 1 aliphatic heterocycles. The van der Waals surface area contributed by atoms with Crippen LogP contribution in [0.15, 0.2) is 9.00 Å². The van der Waals surface area contributed by atoms with E-state index in [1.54, 1.807) is 6.92 Å². The third kappa shape index (κ3) is 2.05. The first kappa shape index (κ1) is 11.8. The van der Waals surface area contributed by atoms with Crippen molar-refractivity contribution in [3.63, 3.8) is 0 Å². The van der Waals surface area contributed by atoms with Crippen LogP contribution >= 0.6 is 11.3 Å². The van der Waals surface area contributed by atoms with Crippen molar-refractivity contribution in [2.24, 2.45) is 0 Å². The number of aromatic amines is 1. The van der Waals surface area contributed by atoms with E-state index >= 15 is 0 Å². The van der Waals surface area contributed by atoms with Crippen LogP contribution in [-0.2, 0) is 10.0 Å². The van der Waals surface area contributed by atoms with E-state index in [0.717, 1.165) is 11.3 Å². The fraction of sp³-hybridized carbons (Fsp3) is 0.625. The van der Waals surface area contributed by atoms with Crippen LogP contribution in [0.5, 0.6) is 0 Å². The highest BCUT2D eigenvalue weighted by Crippen LogP contribution is 2.21. The molecule has 1 aliphatic rings. The van der Waals surface area contributed by atoms with Crippen LogP contribution < -0.4 is 10.2 Å². The Kier molecular flexibility index (Phi) is 3.15. The zero-order valence-electron chi connectivity index (χ0n) is 8.82. The largest absolute Gasteiger partial charge is 0.315 e. The van der Waals surface area contributed by atoms with Gasteiger partial charge in [-0.25, -0.2) is 8.42 Å². The lowest BCUT2D eigenvalue weighted by Crippen LogP contribution is -2.46. The number of sulfonamides is 1. The number of hydrogen-bond donors (Lipinski definition) is 2. The summed E-state index contributed by atoms with van der Waals surface area (Å²) in [5.41, 5.74) is 0.425. The summed E-state index contributed by atoms with van der Waals surface area (Å²) in [6.45, 7) is 3.81. The first-order chi connectivity index (χ1) is 7.51. The number of thiazole rings is 1. The second-order valence-corrected chi connectivity index (χ2v) is 6.70. The molecule has 1 fully saturated rings. The maximum Gasteiger partial charge on any atom is 0.305 e. The molecule has 0 atom stereocenters. The first-order valence-electron chi connectivity index (χ1n) is 4.92. The Balaban J connectivity index is 2.38. The highest BCUT2D eigenvalue weighted by atomic mass is 32.2. The molecule has 0 aromatic carbocycles. The molecule has 0 radical (unpaired) electrons. The van der Waals surface area contributed by atoms with Crippen molar-refractivity contribution in [1.82, 2.24) is 14.6 Å². The van der Waals surface area contributed by atoms with E-state index in [0.29, 0.717) is 31.9 Å². The Morgan fingerprint density at radius 3 is 2.44 bits per heavy atom. The summed E-state index contributed by atoms with van der Waals surface area (Å²) in [5.74, 6) is 0. The minimum Gasteiger partial charge on any atom is -0.315 e. The van der Waals surface area contributed by atoms with E-state index in [-0.39, 0.29) is 9.08 Å². The maximum atomic E-state index is 12.2. The van der Waals surface area contributed by atoms with Gasteiger partial charge < -0.3 is 10.3 Å². The molecule has 6 nitrogen and oxygen atoms in total. The van der Waals surface area contributed by atoms with Gasteiger partial charge in [-0.2, -0.15) is 4.31 Å². The molecule has 90 valence electrons. The molecule has 2 rings (SSSR count). The lowest BCUT2D eigenvalue weighted by Gasteiger charge is -2.25. The Bertz CT molecular complexity index is 525. The molecule has 1 aromatic heterocycles. The van der Waals surface area contributed by atoms with Crippen molar-refractivity contribution in [3.05, 3.63) is 15.4 Å². The summed E-state index contributed by atoms with van der Waals surface area (Å²) >= 11 is 0.754. The number of piperazine rings is 1. The number of aryl methyl sites for hydroxylation is 1. The number of nitrogens with zero attached hydrogens (tertiary/aromatic N) is 1. The van der Waals surface area contributed by atoms with Gasteiger partial charge >= 0.3 is 4.87 Å². The molecule has 0 spiro atoms. The molecule has 0 bridgehead atoms. The highest BCUT2D eigenvalue weighted by molar-refractivity contribution is 7.91. The van der Waals surface area contributed by atoms with Crippen molar-refractivity contribution in [3.8, 4) is 0 Å². The van der Waals surface area contributed by atoms with Gasteiger partial charge in [0.1, 0.15) is 0 Å². The van der Waals surface area contributed by atoms with Gasteiger partial charge in [0.05, 0.1) is 0 Å². The molecule has 8 heteroatoms. The molecule has 2 heterocycles. The topological polar surface area (TPSA) is 82.3 Å². The number of nitrogens with one attached hydrogen (secondary N) is 2. The van der Waals surface area contributed by atoms with Crippen molar-refractivity contribution in [2.75, 3.05) is 26.2 Å². The van der Waals surface area contributed by atoms with Gasteiger partial charge in [-0.05, 0) is 6.92 Å². The van der Waals surface area contributed by atoms with E-state index < -0.39 is 10.0 Å². The molecule has 16 heavy (non-hydrogen) atoms. The summed E-state index contributed by atoms with van der Waals surface area (Å²) in [4.78, 5) is 13.3. The Morgan fingerprint density at radius 1 is 1.31 bits per heavy atom. The van der Waals surface area contributed by atoms with Gasteiger partial charge in [0.2, 0.25) is 0 Å². The molecule has 1 saturated heterocycles. The summed E-state index contributed by atoms with van der Waals surface area (Å²) in [7, 11) is -3.49. The minimum atomic E-state index is -3.49. The van der Waals surface area contributed by atoms with Crippen LogP contribution in [0.1, 0.15) is 5.69 Å². The van der Waals surface area contributed by atoms with Crippen LogP contribution in [-0.4, -0.2) is 43.9 Å². The second-order valence-electron chi connectivity index (χ2n) is 3.58. The van der Waals surface area contributed by atoms with Gasteiger partial charge in [-0.3, -0.25) is 4.79 Å². The van der Waals surface area contributed by atoms with Crippen LogP contribution in [0.25, 0.3) is 0 Å². The summed E-state index contributed by atoms with van der Waals surface area (Å²) in [6, 6.07) is 0. The lowest BCUT2D eigenvalue weighted by molar-refractivity contribution is 0.361. The predicted molar refractivity (Wildman–Crippen MR) is 61.3 cm³/mol. The third-order valence-electron chi connectivity index (χ3n) is 2.43. The molecular weight excluding hydrogens is 250 g/mol. The van der Waals surface area contributed by atoms with Gasteiger partial charge in [0.25, 0.3) is 10.0 Å². The summed E-state index contributed by atoms with van der Waals surface area (Å²) in [5, 5.41) is 3.09. The smallest absolute Gasteiger partial charge is 0.305 e. The Labute approximate surface area is 97.3 Å². The van der Waals surface area contributed by atoms with E-state index in [1.807, 2.05) is 0 Å². The summed E-state index contributed by atoms with van der Waals surface area (Å²) < 4.78 is 25.9. The van der Waals surface area contributed by atoms with Crippen LogP contribution in [0.2, 0.25) is 0 Å². The predicted octanol–water partition coefficient (Wildman–Crippen LogP) is -0.661. The number of H-pyrrole nitrogens is 1. The average molecular weight is 263 g/mol. The van der Waals surface area contributed by atoms with E-state index in [1.165, 1.54) is 4.31 Å². The van der Waals surface area contributed by atoms with E-state index in [9.17, 15) is 13.2 Å². The normalized spacial score (nSPS) is 18.8. The van der Waals surface area contributed by atoms with Crippen LogP contribution in [0.3, 0.4) is 0 Å². The standard InChI is InChI=1S/C8H13N3O3S2/c1-6-7(15-8(12)10-6)16(13,14)11-4-2-9-3-5-11/h9H,2-5H2,1H3,(H,10,12). The fourth-order valence-electron chi connectivity index (χ4n) is 1.64. The SMILES string of the molecule is Cc1[nH]c(=O)sc1S(=O)(=O)N1CCNCC1. The molecule has 0 amide bonds. The second kappa shape index (κ2) is 4.28. The Morgan fingerprint density at radius 2 is 1.94 bits per heavy atom. The molecule has 0 aliphatic carbocycles. The average Bonchev–Trinajstić information content (AvgIpc) is 2.60. The van der Waals surface area contributed by atoms with E-state index in [4.69, 9.17) is 0 Å². The van der Waals surface area contributed by atoms with Crippen molar-refractivity contribution in [1.29, 1.82) is 0 Å². The molecule has 2 N–H and O–H groups in total. The van der Waals surface area contributed by atoms with E-state index in [2.05, 4.69) is 10.3 Å². The maximum absolute atomic E-state index is 12.2. The van der Waals surface area contributed by atoms with Crippen molar-refractivity contribution < 1.29 is 8.42 Å². The van der Waals surface area contributed by atoms with Gasteiger partial charge in [0, 0.05) is 31.9 Å².